The van der Waals surface area contributed by atoms with Crippen LogP contribution in [0.25, 0.3) is 0 Å². The Morgan fingerprint density at radius 1 is 1.23 bits per heavy atom. The molecule has 0 aromatic heterocycles. The van der Waals surface area contributed by atoms with E-state index in [1.54, 1.807) is 7.11 Å². The van der Waals surface area contributed by atoms with Crippen LogP contribution in [0.3, 0.4) is 0 Å². The first-order chi connectivity index (χ1) is 10.5. The lowest BCUT2D eigenvalue weighted by atomic mass is 10.1. The second-order valence-corrected chi connectivity index (χ2v) is 5.62. The molecule has 4 nitrogen and oxygen atoms in total. The van der Waals surface area contributed by atoms with Gasteiger partial charge in [0.05, 0.1) is 19.8 Å². The Morgan fingerprint density at radius 2 is 1.91 bits per heavy atom. The van der Waals surface area contributed by atoms with Crippen LogP contribution < -0.4 is 4.74 Å². The summed E-state index contributed by atoms with van der Waals surface area (Å²) in [5.74, 6) is 0.257. The molecule has 0 saturated heterocycles. The van der Waals surface area contributed by atoms with Crippen molar-refractivity contribution in [1.29, 1.82) is 0 Å². The van der Waals surface area contributed by atoms with E-state index >= 15 is 0 Å². The Labute approximate surface area is 132 Å². The van der Waals surface area contributed by atoms with Crippen molar-refractivity contribution in [2.75, 3.05) is 26.9 Å². The van der Waals surface area contributed by atoms with Crippen molar-refractivity contribution in [3.8, 4) is 5.75 Å². The fraction of sp³-hybridized carbons (Fsp3) is 0.647. The van der Waals surface area contributed by atoms with Gasteiger partial charge in [-0.15, -0.1) is 0 Å². The van der Waals surface area contributed by atoms with E-state index in [1.165, 1.54) is 12.1 Å². The molecule has 0 fully saturated rings. The first kappa shape index (κ1) is 18.9. The minimum Gasteiger partial charge on any atom is -0.493 e. The van der Waals surface area contributed by atoms with Crippen LogP contribution in [0.4, 0.5) is 4.39 Å². The Morgan fingerprint density at radius 3 is 2.45 bits per heavy atom. The highest BCUT2D eigenvalue weighted by atomic mass is 19.1. The highest BCUT2D eigenvalue weighted by Crippen LogP contribution is 2.28. The third kappa shape index (κ3) is 5.55. The minimum atomic E-state index is -0.349. The second-order valence-electron chi connectivity index (χ2n) is 5.62. The lowest BCUT2D eigenvalue weighted by molar-refractivity contribution is 0.123. The zero-order valence-corrected chi connectivity index (χ0v) is 14.1. The van der Waals surface area contributed by atoms with Crippen LogP contribution in [0, 0.1) is 5.82 Å². The maximum atomic E-state index is 13.8. The molecule has 0 saturated carbocycles. The molecular formula is C17H28FNO3. The molecule has 1 rings (SSSR count). The van der Waals surface area contributed by atoms with Gasteiger partial charge in [-0.2, -0.15) is 0 Å². The molecule has 1 aromatic carbocycles. The van der Waals surface area contributed by atoms with Crippen LogP contribution in [0.15, 0.2) is 12.1 Å². The summed E-state index contributed by atoms with van der Waals surface area (Å²) in [6.45, 7) is 8.45. The summed E-state index contributed by atoms with van der Waals surface area (Å²) in [5.41, 5.74) is 1.27. The van der Waals surface area contributed by atoms with Crippen molar-refractivity contribution >= 4 is 0 Å². The molecule has 0 aliphatic carbocycles. The molecule has 126 valence electrons. The van der Waals surface area contributed by atoms with E-state index in [2.05, 4.69) is 18.7 Å². The summed E-state index contributed by atoms with van der Waals surface area (Å²) >= 11 is 0. The monoisotopic (exact) mass is 313 g/mol. The van der Waals surface area contributed by atoms with Gasteiger partial charge in [-0.25, -0.2) is 4.39 Å². The van der Waals surface area contributed by atoms with E-state index in [1.807, 2.05) is 6.92 Å². The van der Waals surface area contributed by atoms with E-state index < -0.39 is 0 Å². The standard InChI is InChI=1S/C17H28FNO3/c1-5-7-22-17-14(9-16(18)10-15(17)12-20)11-19(13(2)3)6-8-21-4/h9-10,13,20H,5-8,11-12H2,1-4H3. The number of aliphatic hydroxyl groups is 1. The van der Waals surface area contributed by atoms with Crippen molar-refractivity contribution in [1.82, 2.24) is 4.90 Å². The van der Waals surface area contributed by atoms with Gasteiger partial charge in [0.2, 0.25) is 0 Å². The van der Waals surface area contributed by atoms with E-state index in [0.717, 1.165) is 18.5 Å². The predicted molar refractivity (Wildman–Crippen MR) is 85.5 cm³/mol. The van der Waals surface area contributed by atoms with E-state index in [4.69, 9.17) is 9.47 Å². The van der Waals surface area contributed by atoms with Gasteiger partial charge in [0, 0.05) is 37.4 Å². The van der Waals surface area contributed by atoms with Gasteiger partial charge in [-0.3, -0.25) is 4.90 Å². The molecular weight excluding hydrogens is 285 g/mol. The van der Waals surface area contributed by atoms with Gasteiger partial charge in [0.25, 0.3) is 0 Å². The molecule has 0 atom stereocenters. The Bertz CT molecular complexity index is 452. The van der Waals surface area contributed by atoms with Gasteiger partial charge < -0.3 is 14.6 Å². The Hall–Kier alpha value is -1.17. The second kappa shape index (κ2) is 9.77. The highest BCUT2D eigenvalue weighted by Gasteiger charge is 2.17. The van der Waals surface area contributed by atoms with E-state index in [9.17, 15) is 9.50 Å². The summed E-state index contributed by atoms with van der Waals surface area (Å²) in [5, 5.41) is 9.47. The van der Waals surface area contributed by atoms with Crippen molar-refractivity contribution in [3.63, 3.8) is 0 Å². The smallest absolute Gasteiger partial charge is 0.129 e. The fourth-order valence-electron chi connectivity index (χ4n) is 2.28. The molecule has 22 heavy (non-hydrogen) atoms. The van der Waals surface area contributed by atoms with Gasteiger partial charge in [0.1, 0.15) is 11.6 Å². The highest BCUT2D eigenvalue weighted by molar-refractivity contribution is 5.42. The van der Waals surface area contributed by atoms with Crippen molar-refractivity contribution in [2.45, 2.75) is 46.4 Å². The van der Waals surface area contributed by atoms with E-state index in [-0.39, 0.29) is 12.4 Å². The number of rotatable bonds is 10. The fourth-order valence-corrected chi connectivity index (χ4v) is 2.28. The third-order valence-electron chi connectivity index (χ3n) is 3.51. The average Bonchev–Trinajstić information content (AvgIpc) is 2.49. The number of hydrogen-bond donors (Lipinski definition) is 1. The number of nitrogens with zero attached hydrogens (tertiary/aromatic N) is 1. The van der Waals surface area contributed by atoms with Gasteiger partial charge in [0.15, 0.2) is 0 Å². The van der Waals surface area contributed by atoms with Crippen LogP contribution >= 0.6 is 0 Å². The molecule has 0 heterocycles. The summed E-state index contributed by atoms with van der Waals surface area (Å²) in [7, 11) is 1.67. The summed E-state index contributed by atoms with van der Waals surface area (Å²) < 4.78 is 24.7. The minimum absolute atomic E-state index is 0.233. The van der Waals surface area contributed by atoms with Gasteiger partial charge in [-0.05, 0) is 32.4 Å². The predicted octanol–water partition coefficient (Wildman–Crippen LogP) is 2.96. The first-order valence-electron chi connectivity index (χ1n) is 7.81. The molecule has 0 aliphatic rings. The number of hydrogen-bond acceptors (Lipinski definition) is 4. The number of methoxy groups -OCH3 is 1. The van der Waals surface area contributed by atoms with Crippen LogP contribution in [0.1, 0.15) is 38.3 Å². The molecule has 0 amide bonds. The molecule has 0 aliphatic heterocycles. The number of aliphatic hydroxyl groups excluding tert-OH is 1. The number of benzene rings is 1. The van der Waals surface area contributed by atoms with Gasteiger partial charge >= 0.3 is 0 Å². The van der Waals surface area contributed by atoms with E-state index in [0.29, 0.717) is 37.1 Å². The first-order valence-corrected chi connectivity index (χ1v) is 7.81. The SMILES string of the molecule is CCCOc1c(CO)cc(F)cc1CN(CCOC)C(C)C. The summed E-state index contributed by atoms with van der Waals surface area (Å²) in [6.07, 6.45) is 0.860. The molecule has 5 heteroatoms. The lowest BCUT2D eigenvalue weighted by Crippen LogP contribution is -2.33. The Balaban J connectivity index is 3.05. The third-order valence-corrected chi connectivity index (χ3v) is 3.51. The molecule has 0 radical (unpaired) electrons. The van der Waals surface area contributed by atoms with Crippen molar-refractivity contribution in [2.24, 2.45) is 0 Å². The van der Waals surface area contributed by atoms with Crippen LogP contribution in [-0.2, 0) is 17.9 Å². The average molecular weight is 313 g/mol. The van der Waals surface area contributed by atoms with Crippen molar-refractivity contribution in [3.05, 3.63) is 29.1 Å². The maximum Gasteiger partial charge on any atom is 0.129 e. The quantitative estimate of drug-likeness (QED) is 0.721. The summed E-state index contributed by atoms with van der Waals surface area (Å²) in [4.78, 5) is 2.19. The molecule has 0 unspecified atom stereocenters. The largest absolute Gasteiger partial charge is 0.493 e. The van der Waals surface area contributed by atoms with Crippen LogP contribution in [0.2, 0.25) is 0 Å². The van der Waals surface area contributed by atoms with Gasteiger partial charge in [-0.1, -0.05) is 6.92 Å². The van der Waals surface area contributed by atoms with Crippen LogP contribution in [-0.4, -0.2) is 42.9 Å². The molecule has 1 aromatic rings. The molecule has 1 N–H and O–H groups in total. The molecule has 0 bridgehead atoms. The molecule has 0 spiro atoms. The van der Waals surface area contributed by atoms with Crippen LogP contribution in [0.5, 0.6) is 5.75 Å². The maximum absolute atomic E-state index is 13.8. The lowest BCUT2D eigenvalue weighted by Gasteiger charge is -2.27. The van der Waals surface area contributed by atoms with Crippen molar-refractivity contribution < 1.29 is 19.0 Å². The number of halogens is 1. The summed E-state index contributed by atoms with van der Waals surface area (Å²) in [6, 6.07) is 3.13. The Kier molecular flexibility index (Phi) is 8.38. The zero-order chi connectivity index (χ0) is 16.5. The normalized spacial score (nSPS) is 11.5. The number of ether oxygens (including phenoxy) is 2. The topological polar surface area (TPSA) is 41.9 Å². The zero-order valence-electron chi connectivity index (χ0n) is 14.1.